The van der Waals surface area contributed by atoms with Crippen LogP contribution in [0.25, 0.3) is 21.7 Å². The van der Waals surface area contributed by atoms with E-state index in [2.05, 4.69) is 37.2 Å². The van der Waals surface area contributed by atoms with Crippen molar-refractivity contribution in [3.05, 3.63) is 57.0 Å². The van der Waals surface area contributed by atoms with Crippen LogP contribution in [-0.4, -0.2) is 21.0 Å². The second-order valence-corrected chi connectivity index (χ2v) is 9.55. The van der Waals surface area contributed by atoms with Crippen molar-refractivity contribution in [3.8, 4) is 10.8 Å². The number of carboxylic acid groups (broad SMARTS) is 1. The van der Waals surface area contributed by atoms with E-state index in [1.165, 1.54) is 11.3 Å². The highest BCUT2D eigenvalue weighted by Gasteiger charge is 2.19. The van der Waals surface area contributed by atoms with Gasteiger partial charge in [-0.1, -0.05) is 26.8 Å². The van der Waals surface area contributed by atoms with Crippen LogP contribution in [0, 0.1) is 0 Å². The number of benzene rings is 1. The Kier molecular flexibility index (Phi) is 4.81. The SMILES string of the molecule is CC(C)(C)c1csc(-c2cc3cc(Cc4nc(CC(=O)O)cs4)ccc3o2)n1. The van der Waals surface area contributed by atoms with Gasteiger partial charge in [0.1, 0.15) is 5.58 Å². The molecule has 1 aromatic carbocycles. The van der Waals surface area contributed by atoms with Gasteiger partial charge in [0.15, 0.2) is 10.8 Å². The minimum atomic E-state index is -0.860. The molecule has 0 spiro atoms. The molecule has 5 nitrogen and oxygen atoms in total. The molecule has 0 atom stereocenters. The van der Waals surface area contributed by atoms with Crippen LogP contribution in [0.15, 0.2) is 39.4 Å². The van der Waals surface area contributed by atoms with Crippen molar-refractivity contribution in [1.82, 2.24) is 9.97 Å². The largest absolute Gasteiger partial charge is 0.481 e. The summed E-state index contributed by atoms with van der Waals surface area (Å²) in [6.07, 6.45) is 0.636. The van der Waals surface area contributed by atoms with E-state index in [9.17, 15) is 4.79 Å². The van der Waals surface area contributed by atoms with Gasteiger partial charge < -0.3 is 9.52 Å². The van der Waals surface area contributed by atoms with Gasteiger partial charge in [-0.2, -0.15) is 0 Å². The van der Waals surface area contributed by atoms with E-state index < -0.39 is 5.97 Å². The summed E-state index contributed by atoms with van der Waals surface area (Å²) in [4.78, 5) is 20.0. The first-order chi connectivity index (χ1) is 13.3. The number of rotatable bonds is 5. The molecule has 0 aliphatic rings. The molecular formula is C21H20N2O3S2. The van der Waals surface area contributed by atoms with Crippen molar-refractivity contribution in [2.75, 3.05) is 0 Å². The molecule has 0 saturated carbocycles. The van der Waals surface area contributed by atoms with Crippen LogP contribution in [0.1, 0.15) is 42.7 Å². The van der Waals surface area contributed by atoms with Gasteiger partial charge in [-0.15, -0.1) is 22.7 Å². The number of furan rings is 1. The first-order valence-corrected chi connectivity index (χ1v) is 10.7. The van der Waals surface area contributed by atoms with Crippen LogP contribution >= 0.6 is 22.7 Å². The Labute approximate surface area is 170 Å². The van der Waals surface area contributed by atoms with Gasteiger partial charge in [-0.3, -0.25) is 4.79 Å². The van der Waals surface area contributed by atoms with Crippen LogP contribution in [0.3, 0.4) is 0 Å². The number of nitrogens with zero attached hydrogens (tertiary/aromatic N) is 2. The number of hydrogen-bond donors (Lipinski definition) is 1. The lowest BCUT2D eigenvalue weighted by Crippen LogP contribution is -2.11. The number of carboxylic acids is 1. The second kappa shape index (κ2) is 7.14. The molecule has 0 saturated heterocycles. The Morgan fingerprint density at radius 3 is 2.68 bits per heavy atom. The van der Waals surface area contributed by atoms with Gasteiger partial charge in [0.25, 0.3) is 0 Å². The maximum Gasteiger partial charge on any atom is 0.309 e. The molecule has 0 aliphatic heterocycles. The van der Waals surface area contributed by atoms with Crippen LogP contribution < -0.4 is 0 Å². The minimum Gasteiger partial charge on any atom is -0.481 e. The van der Waals surface area contributed by atoms with Gasteiger partial charge in [0.2, 0.25) is 0 Å². The van der Waals surface area contributed by atoms with Crippen molar-refractivity contribution < 1.29 is 14.3 Å². The lowest BCUT2D eigenvalue weighted by Gasteiger charge is -2.13. The first-order valence-electron chi connectivity index (χ1n) is 8.92. The molecule has 0 aliphatic carbocycles. The second-order valence-electron chi connectivity index (χ2n) is 7.75. The number of thiazole rings is 2. The molecular weight excluding hydrogens is 392 g/mol. The highest BCUT2D eigenvalue weighted by Crippen LogP contribution is 2.33. The summed E-state index contributed by atoms with van der Waals surface area (Å²) in [5, 5.41) is 15.6. The monoisotopic (exact) mass is 412 g/mol. The lowest BCUT2D eigenvalue weighted by atomic mass is 9.93. The molecule has 4 aromatic rings. The Bertz CT molecular complexity index is 1150. The normalized spacial score (nSPS) is 12.0. The van der Waals surface area contributed by atoms with E-state index in [4.69, 9.17) is 14.5 Å². The third kappa shape index (κ3) is 4.00. The summed E-state index contributed by atoms with van der Waals surface area (Å²) >= 11 is 3.09. The Morgan fingerprint density at radius 2 is 1.96 bits per heavy atom. The summed E-state index contributed by atoms with van der Waals surface area (Å²) in [7, 11) is 0. The number of aromatic nitrogens is 2. The Balaban J connectivity index is 1.57. The van der Waals surface area contributed by atoms with E-state index >= 15 is 0 Å². The summed E-state index contributed by atoms with van der Waals surface area (Å²) in [6.45, 7) is 6.45. The summed E-state index contributed by atoms with van der Waals surface area (Å²) in [5.41, 5.74) is 3.64. The average Bonchev–Trinajstić information content (AvgIpc) is 3.31. The molecule has 0 bridgehead atoms. The number of aliphatic carboxylic acids is 1. The average molecular weight is 413 g/mol. The van der Waals surface area contributed by atoms with Gasteiger partial charge in [-0.05, 0) is 23.8 Å². The van der Waals surface area contributed by atoms with E-state index in [0.29, 0.717) is 12.1 Å². The highest BCUT2D eigenvalue weighted by atomic mass is 32.1. The molecule has 3 heterocycles. The molecule has 28 heavy (non-hydrogen) atoms. The molecule has 0 radical (unpaired) electrons. The van der Waals surface area contributed by atoms with Gasteiger partial charge in [0.05, 0.1) is 22.8 Å². The maximum atomic E-state index is 10.8. The van der Waals surface area contributed by atoms with Gasteiger partial charge in [-0.25, -0.2) is 9.97 Å². The van der Waals surface area contributed by atoms with Gasteiger partial charge in [0, 0.05) is 28.0 Å². The van der Waals surface area contributed by atoms with E-state index in [0.717, 1.165) is 38.0 Å². The van der Waals surface area contributed by atoms with Crippen LogP contribution in [0.2, 0.25) is 0 Å². The van der Waals surface area contributed by atoms with Crippen molar-refractivity contribution in [2.45, 2.75) is 39.0 Å². The first kappa shape index (κ1) is 18.8. The van der Waals surface area contributed by atoms with Crippen molar-refractivity contribution in [3.63, 3.8) is 0 Å². The van der Waals surface area contributed by atoms with Crippen LogP contribution in [0.5, 0.6) is 0 Å². The molecule has 7 heteroatoms. The number of hydrogen-bond acceptors (Lipinski definition) is 6. The Hall–Kier alpha value is -2.51. The predicted octanol–water partition coefficient (Wildman–Crippen LogP) is 5.53. The number of carbonyl (C=O) groups is 1. The van der Waals surface area contributed by atoms with Crippen LogP contribution in [-0.2, 0) is 23.1 Å². The third-order valence-electron chi connectivity index (χ3n) is 4.35. The highest BCUT2D eigenvalue weighted by molar-refractivity contribution is 7.13. The summed E-state index contributed by atoms with van der Waals surface area (Å²) in [6, 6.07) is 8.12. The zero-order valence-corrected chi connectivity index (χ0v) is 17.5. The van der Waals surface area contributed by atoms with Crippen molar-refractivity contribution >= 4 is 39.6 Å². The fraction of sp³-hybridized carbons (Fsp3) is 0.286. The van der Waals surface area contributed by atoms with Crippen LogP contribution in [0.4, 0.5) is 0 Å². The van der Waals surface area contributed by atoms with Gasteiger partial charge >= 0.3 is 5.97 Å². The quantitative estimate of drug-likeness (QED) is 0.466. The zero-order valence-electron chi connectivity index (χ0n) is 15.9. The molecule has 4 rings (SSSR count). The Morgan fingerprint density at radius 1 is 1.14 bits per heavy atom. The van der Waals surface area contributed by atoms with Crippen molar-refractivity contribution in [2.24, 2.45) is 0 Å². The maximum absolute atomic E-state index is 10.8. The third-order valence-corrected chi connectivity index (χ3v) is 6.11. The lowest BCUT2D eigenvalue weighted by molar-refractivity contribution is -0.136. The molecule has 144 valence electrons. The zero-order chi connectivity index (χ0) is 19.9. The topological polar surface area (TPSA) is 76.2 Å². The summed E-state index contributed by atoms with van der Waals surface area (Å²) < 4.78 is 6.00. The fourth-order valence-corrected chi connectivity index (χ4v) is 4.71. The smallest absolute Gasteiger partial charge is 0.309 e. The van der Waals surface area contributed by atoms with Crippen molar-refractivity contribution in [1.29, 1.82) is 0 Å². The van der Waals surface area contributed by atoms with E-state index in [1.54, 1.807) is 11.3 Å². The van der Waals surface area contributed by atoms with E-state index in [-0.39, 0.29) is 11.8 Å². The number of fused-ring (bicyclic) bond motifs is 1. The fourth-order valence-electron chi connectivity index (χ4n) is 2.88. The minimum absolute atomic E-state index is 0.0150. The molecule has 0 fully saturated rings. The predicted molar refractivity (Wildman–Crippen MR) is 112 cm³/mol. The standard InChI is InChI=1S/C21H20N2O3S2/c1-21(2,3)17-11-28-20(23-17)16-8-13-6-12(4-5-15(13)26-16)7-18-22-14(10-27-18)9-19(24)25/h4-6,8,10-11H,7,9H2,1-3H3,(H,24,25). The molecule has 1 N–H and O–H groups in total. The molecule has 3 aromatic heterocycles. The molecule has 0 unspecified atom stereocenters. The molecule has 0 amide bonds. The summed E-state index contributed by atoms with van der Waals surface area (Å²) in [5.74, 6) is -0.0772. The van der Waals surface area contributed by atoms with E-state index in [1.807, 2.05) is 23.6 Å².